The molecule has 4 rings (SSSR count). The molecule has 0 bridgehead atoms. The van der Waals surface area contributed by atoms with Gasteiger partial charge in [-0.15, -0.1) is 10.2 Å². The first-order valence-corrected chi connectivity index (χ1v) is 12.0. The van der Waals surface area contributed by atoms with Crippen molar-refractivity contribution >= 4 is 23.6 Å². The van der Waals surface area contributed by atoms with Gasteiger partial charge in [0.2, 0.25) is 11.8 Å². The normalized spacial score (nSPS) is 15.9. The van der Waals surface area contributed by atoms with E-state index in [1.807, 2.05) is 30.3 Å². The second-order valence-electron chi connectivity index (χ2n) is 9.37. The van der Waals surface area contributed by atoms with Crippen molar-refractivity contribution in [2.45, 2.75) is 58.5 Å². The Morgan fingerprint density at radius 2 is 1.92 bits per heavy atom. The van der Waals surface area contributed by atoms with Crippen LogP contribution in [0.5, 0.6) is 0 Å². The van der Waals surface area contributed by atoms with E-state index in [1.165, 1.54) is 0 Å². The number of nitrogens with one attached hydrogen (secondary N) is 3. The molecule has 1 aromatic carbocycles. The molecule has 0 saturated carbocycles. The SMILES string of the molecule is C.CC(C)(N)C(=O)N[C@H](COCc1ccccc1)c1nnc2cccc(COC(=O)N[C@H]3CCNC3=O)n12. The molecule has 3 amide bonds. The Balaban J connectivity index is 0.00000400. The fourth-order valence-electron chi connectivity index (χ4n) is 3.82. The van der Waals surface area contributed by atoms with Gasteiger partial charge in [-0.05, 0) is 38.0 Å². The molecule has 2 atom stereocenters. The zero-order chi connectivity index (χ0) is 26.4. The van der Waals surface area contributed by atoms with Gasteiger partial charge in [0.25, 0.3) is 0 Å². The summed E-state index contributed by atoms with van der Waals surface area (Å²) in [6, 6.07) is 13.6. The molecule has 1 saturated heterocycles. The van der Waals surface area contributed by atoms with Gasteiger partial charge in [0.05, 0.1) is 24.4 Å². The summed E-state index contributed by atoms with van der Waals surface area (Å²) in [5.41, 5.74) is 6.93. The number of ether oxygens (including phenoxy) is 2. The largest absolute Gasteiger partial charge is 0.443 e. The second-order valence-corrected chi connectivity index (χ2v) is 9.37. The quantitative estimate of drug-likeness (QED) is 0.310. The van der Waals surface area contributed by atoms with Gasteiger partial charge in [-0.25, -0.2) is 4.79 Å². The van der Waals surface area contributed by atoms with Crippen LogP contribution in [0.15, 0.2) is 48.5 Å². The second kappa shape index (κ2) is 12.5. The van der Waals surface area contributed by atoms with Gasteiger partial charge in [0.15, 0.2) is 11.5 Å². The Kier molecular flexibility index (Phi) is 9.37. The summed E-state index contributed by atoms with van der Waals surface area (Å²) < 4.78 is 13.0. The lowest BCUT2D eigenvalue weighted by Crippen LogP contribution is -2.51. The van der Waals surface area contributed by atoms with Crippen LogP contribution in [0.2, 0.25) is 0 Å². The Morgan fingerprint density at radius 1 is 1.16 bits per heavy atom. The lowest BCUT2D eigenvalue weighted by Gasteiger charge is -2.24. The van der Waals surface area contributed by atoms with Gasteiger partial charge in [0.1, 0.15) is 18.7 Å². The number of hydrogen-bond acceptors (Lipinski definition) is 8. The van der Waals surface area contributed by atoms with Gasteiger partial charge in [-0.2, -0.15) is 0 Å². The monoisotopic (exact) mass is 525 g/mol. The maximum absolute atomic E-state index is 12.8. The van der Waals surface area contributed by atoms with E-state index >= 15 is 0 Å². The summed E-state index contributed by atoms with van der Waals surface area (Å²) in [5.74, 6) is -0.229. The lowest BCUT2D eigenvalue weighted by molar-refractivity contribution is -0.126. The van der Waals surface area contributed by atoms with E-state index in [1.54, 1.807) is 36.4 Å². The van der Waals surface area contributed by atoms with Gasteiger partial charge in [-0.1, -0.05) is 43.8 Å². The Bertz CT molecular complexity index is 1260. The summed E-state index contributed by atoms with van der Waals surface area (Å²) in [6.07, 6.45) is -0.212. The fourth-order valence-corrected chi connectivity index (χ4v) is 3.82. The number of carbonyl (C=O) groups excluding carboxylic acids is 3. The van der Waals surface area contributed by atoms with Crippen LogP contribution in [0.3, 0.4) is 0 Å². The van der Waals surface area contributed by atoms with E-state index in [4.69, 9.17) is 15.2 Å². The molecule has 0 spiro atoms. The Labute approximate surface area is 221 Å². The van der Waals surface area contributed by atoms with Crippen LogP contribution >= 0.6 is 0 Å². The van der Waals surface area contributed by atoms with E-state index < -0.39 is 23.7 Å². The zero-order valence-corrected chi connectivity index (χ0v) is 20.8. The molecule has 0 unspecified atom stereocenters. The summed E-state index contributed by atoms with van der Waals surface area (Å²) >= 11 is 0. The third-order valence-electron chi connectivity index (χ3n) is 5.82. The molecule has 5 N–H and O–H groups in total. The fraction of sp³-hybridized carbons (Fsp3) is 0.423. The number of amides is 3. The van der Waals surface area contributed by atoms with Gasteiger partial charge >= 0.3 is 6.09 Å². The Hall–Kier alpha value is -4.03. The molecule has 0 aliphatic carbocycles. The van der Waals surface area contributed by atoms with Crippen LogP contribution in [-0.4, -0.2) is 57.2 Å². The molecule has 2 aromatic heterocycles. The summed E-state index contributed by atoms with van der Waals surface area (Å²) in [5, 5.41) is 16.7. The third-order valence-corrected chi connectivity index (χ3v) is 5.82. The smallest absolute Gasteiger partial charge is 0.408 e. The summed E-state index contributed by atoms with van der Waals surface area (Å²) in [6.45, 7) is 4.04. The zero-order valence-electron chi connectivity index (χ0n) is 20.8. The van der Waals surface area contributed by atoms with Crippen molar-refractivity contribution in [3.63, 3.8) is 0 Å². The highest BCUT2D eigenvalue weighted by molar-refractivity contribution is 5.87. The van der Waals surface area contributed by atoms with Crippen LogP contribution in [0.4, 0.5) is 4.79 Å². The van der Waals surface area contributed by atoms with E-state index in [-0.39, 0.29) is 32.5 Å². The number of aromatic nitrogens is 3. The van der Waals surface area contributed by atoms with Crippen molar-refractivity contribution < 1.29 is 23.9 Å². The minimum absolute atomic E-state index is 0. The molecule has 204 valence electrons. The first-order valence-electron chi connectivity index (χ1n) is 12.0. The molecule has 1 fully saturated rings. The van der Waals surface area contributed by atoms with Crippen LogP contribution in [-0.2, 0) is 32.3 Å². The van der Waals surface area contributed by atoms with Crippen LogP contribution in [0, 0.1) is 0 Å². The maximum atomic E-state index is 12.8. The van der Waals surface area contributed by atoms with Crippen molar-refractivity contribution in [3.05, 3.63) is 65.6 Å². The number of rotatable bonds is 10. The minimum atomic E-state index is -1.13. The van der Waals surface area contributed by atoms with Crippen LogP contribution in [0.25, 0.3) is 5.65 Å². The standard InChI is InChI=1S/C25H31N7O5.CH4/c1-25(2,26)23(34)28-19(15-36-13-16-7-4-3-5-8-16)21-31-30-20-10-6-9-17(32(20)21)14-37-24(35)29-18-11-12-27-22(18)33;/h3-10,18-19H,11-15,26H2,1-2H3,(H,27,33)(H,28,34)(H,29,35);1H4/t18-,19+;/m0./s1. The molecule has 12 heteroatoms. The van der Waals surface area contributed by atoms with E-state index in [9.17, 15) is 14.4 Å². The number of hydrogen-bond donors (Lipinski definition) is 4. The first-order chi connectivity index (χ1) is 17.7. The van der Waals surface area contributed by atoms with Crippen LogP contribution in [0.1, 0.15) is 50.8 Å². The number of alkyl carbamates (subject to hydrolysis) is 1. The molecule has 1 aliphatic rings. The maximum Gasteiger partial charge on any atom is 0.408 e. The molecular weight excluding hydrogens is 490 g/mol. The Morgan fingerprint density at radius 3 is 2.61 bits per heavy atom. The predicted octanol–water partition coefficient (Wildman–Crippen LogP) is 1.59. The van der Waals surface area contributed by atoms with Crippen molar-refractivity contribution in [1.29, 1.82) is 0 Å². The molecule has 3 aromatic rings. The van der Waals surface area contributed by atoms with Gasteiger partial charge in [-0.3, -0.25) is 14.0 Å². The first kappa shape index (κ1) is 28.5. The molecule has 3 heterocycles. The molecule has 1 aliphatic heterocycles. The number of carbonyl (C=O) groups is 3. The van der Waals surface area contributed by atoms with Crippen molar-refractivity contribution in [2.24, 2.45) is 5.73 Å². The highest BCUT2D eigenvalue weighted by atomic mass is 16.5. The third kappa shape index (κ3) is 7.05. The number of nitrogens with two attached hydrogens (primary N) is 1. The summed E-state index contributed by atoms with van der Waals surface area (Å²) in [7, 11) is 0. The van der Waals surface area contributed by atoms with Gasteiger partial charge in [0, 0.05) is 6.54 Å². The predicted molar refractivity (Wildman–Crippen MR) is 140 cm³/mol. The molecular formula is C26H35N7O5. The molecule has 38 heavy (non-hydrogen) atoms. The topological polar surface area (TPSA) is 162 Å². The number of benzene rings is 1. The molecule has 12 nitrogen and oxygen atoms in total. The van der Waals surface area contributed by atoms with E-state index in [0.29, 0.717) is 36.7 Å². The van der Waals surface area contributed by atoms with Crippen LogP contribution < -0.4 is 21.7 Å². The van der Waals surface area contributed by atoms with E-state index in [0.717, 1.165) is 5.56 Å². The minimum Gasteiger partial charge on any atom is -0.443 e. The average molecular weight is 526 g/mol. The molecule has 0 radical (unpaired) electrons. The van der Waals surface area contributed by atoms with Crippen molar-refractivity contribution in [3.8, 4) is 0 Å². The van der Waals surface area contributed by atoms with E-state index in [2.05, 4.69) is 26.1 Å². The number of nitrogens with zero attached hydrogens (tertiary/aromatic N) is 3. The van der Waals surface area contributed by atoms with Crippen molar-refractivity contribution in [2.75, 3.05) is 13.2 Å². The highest BCUT2D eigenvalue weighted by Crippen LogP contribution is 2.18. The lowest BCUT2D eigenvalue weighted by atomic mass is 10.1. The van der Waals surface area contributed by atoms with Gasteiger partial charge < -0.3 is 31.2 Å². The number of pyridine rings is 1. The average Bonchev–Trinajstić information content (AvgIpc) is 3.48. The highest BCUT2D eigenvalue weighted by Gasteiger charge is 2.29. The summed E-state index contributed by atoms with van der Waals surface area (Å²) in [4.78, 5) is 36.8. The number of fused-ring (bicyclic) bond motifs is 1. The van der Waals surface area contributed by atoms with Crippen molar-refractivity contribution in [1.82, 2.24) is 30.5 Å².